The summed E-state index contributed by atoms with van der Waals surface area (Å²) >= 11 is 0. The van der Waals surface area contributed by atoms with Crippen LogP contribution < -0.4 is 5.32 Å². The summed E-state index contributed by atoms with van der Waals surface area (Å²) in [6.45, 7) is 6.65. The molecule has 1 rings (SSSR count). The van der Waals surface area contributed by atoms with E-state index in [0.29, 0.717) is 0 Å². The van der Waals surface area contributed by atoms with Gasteiger partial charge in [-0.15, -0.1) is 0 Å². The van der Waals surface area contributed by atoms with E-state index in [1.165, 1.54) is 0 Å². The summed E-state index contributed by atoms with van der Waals surface area (Å²) in [6, 6.07) is 0. The summed E-state index contributed by atoms with van der Waals surface area (Å²) in [5, 5.41) is 3.23. The molecule has 0 bridgehead atoms. The maximum absolute atomic E-state index is 11.8. The van der Waals surface area contributed by atoms with Crippen LogP contribution in [0, 0.1) is 5.41 Å². The average molecular weight is 170 g/mol. The van der Waals surface area contributed by atoms with Crippen LogP contribution in [0.5, 0.6) is 0 Å². The molecule has 0 aromatic carbocycles. The van der Waals surface area contributed by atoms with Gasteiger partial charge in [0.05, 0.1) is 5.41 Å². The van der Waals surface area contributed by atoms with Crippen molar-refractivity contribution in [3.63, 3.8) is 0 Å². The molecular weight excluding hydrogens is 152 g/mol. The van der Waals surface area contributed by atoms with Crippen LogP contribution in [-0.4, -0.2) is 37.5 Å². The molecule has 0 aliphatic carbocycles. The standard InChI is InChI=1S/C9H18N2O/c1-4-11(3)8(12)9(2)5-6-10-7-9/h10H,4-7H2,1-3H3. The lowest BCUT2D eigenvalue weighted by Gasteiger charge is -2.27. The molecule has 1 fully saturated rings. The van der Waals surface area contributed by atoms with Crippen LogP contribution in [0.4, 0.5) is 0 Å². The minimum Gasteiger partial charge on any atom is -0.346 e. The van der Waals surface area contributed by atoms with Crippen molar-refractivity contribution in [2.24, 2.45) is 5.41 Å². The van der Waals surface area contributed by atoms with E-state index in [1.807, 2.05) is 20.9 Å². The van der Waals surface area contributed by atoms with Gasteiger partial charge in [-0.25, -0.2) is 0 Å². The predicted octanol–water partition coefficient (Wildman–Crippen LogP) is 0.464. The Morgan fingerprint density at radius 2 is 2.33 bits per heavy atom. The molecular formula is C9H18N2O. The number of hydrogen-bond donors (Lipinski definition) is 1. The molecule has 3 nitrogen and oxygen atoms in total. The summed E-state index contributed by atoms with van der Waals surface area (Å²) in [7, 11) is 1.87. The third-order valence-corrected chi connectivity index (χ3v) is 2.71. The molecule has 0 saturated carbocycles. The molecule has 0 aromatic rings. The van der Waals surface area contributed by atoms with Gasteiger partial charge in [0.25, 0.3) is 0 Å². The Hall–Kier alpha value is -0.570. The Morgan fingerprint density at radius 3 is 2.75 bits per heavy atom. The van der Waals surface area contributed by atoms with E-state index in [-0.39, 0.29) is 11.3 Å². The van der Waals surface area contributed by atoms with Crippen LogP contribution in [0.15, 0.2) is 0 Å². The molecule has 0 radical (unpaired) electrons. The van der Waals surface area contributed by atoms with E-state index in [9.17, 15) is 4.79 Å². The Bertz CT molecular complexity index is 173. The summed E-state index contributed by atoms with van der Waals surface area (Å²) in [5.74, 6) is 0.273. The van der Waals surface area contributed by atoms with Crippen LogP contribution >= 0.6 is 0 Å². The zero-order chi connectivity index (χ0) is 9.19. The maximum Gasteiger partial charge on any atom is 0.229 e. The SMILES string of the molecule is CCN(C)C(=O)C1(C)CCNC1. The molecule has 70 valence electrons. The zero-order valence-electron chi connectivity index (χ0n) is 8.18. The van der Waals surface area contributed by atoms with Crippen LogP contribution in [0.2, 0.25) is 0 Å². The van der Waals surface area contributed by atoms with Crippen molar-refractivity contribution < 1.29 is 4.79 Å². The van der Waals surface area contributed by atoms with Crippen molar-refractivity contribution in [1.82, 2.24) is 10.2 Å². The molecule has 3 heteroatoms. The number of rotatable bonds is 2. The molecule has 1 heterocycles. The monoisotopic (exact) mass is 170 g/mol. The van der Waals surface area contributed by atoms with Gasteiger partial charge in [-0.1, -0.05) is 0 Å². The lowest BCUT2D eigenvalue weighted by Crippen LogP contribution is -2.41. The van der Waals surface area contributed by atoms with Crippen LogP contribution in [0.25, 0.3) is 0 Å². The highest BCUT2D eigenvalue weighted by Gasteiger charge is 2.37. The van der Waals surface area contributed by atoms with Gasteiger partial charge in [-0.05, 0) is 26.8 Å². The molecule has 1 aliphatic heterocycles. The van der Waals surface area contributed by atoms with Crippen LogP contribution in [0.3, 0.4) is 0 Å². The minimum absolute atomic E-state index is 0.148. The number of nitrogens with zero attached hydrogens (tertiary/aromatic N) is 1. The third-order valence-electron chi connectivity index (χ3n) is 2.71. The minimum atomic E-state index is -0.148. The van der Waals surface area contributed by atoms with Gasteiger partial charge in [0.2, 0.25) is 5.91 Å². The van der Waals surface area contributed by atoms with Gasteiger partial charge in [0, 0.05) is 20.1 Å². The Morgan fingerprint density at radius 1 is 1.67 bits per heavy atom. The molecule has 1 aliphatic rings. The average Bonchev–Trinajstić information content (AvgIpc) is 2.50. The van der Waals surface area contributed by atoms with Gasteiger partial charge in [-0.2, -0.15) is 0 Å². The second-order valence-corrected chi connectivity index (χ2v) is 3.81. The quantitative estimate of drug-likeness (QED) is 0.653. The van der Waals surface area contributed by atoms with E-state index >= 15 is 0 Å². The highest BCUT2D eigenvalue weighted by Crippen LogP contribution is 2.26. The number of nitrogens with one attached hydrogen (secondary N) is 1. The third kappa shape index (κ3) is 1.61. The first-order valence-electron chi connectivity index (χ1n) is 4.56. The second-order valence-electron chi connectivity index (χ2n) is 3.81. The van der Waals surface area contributed by atoms with Crippen LogP contribution in [0.1, 0.15) is 20.3 Å². The lowest BCUT2D eigenvalue weighted by atomic mass is 9.88. The molecule has 1 amide bonds. The second kappa shape index (κ2) is 3.44. The fraction of sp³-hybridized carbons (Fsp3) is 0.889. The Balaban J connectivity index is 2.61. The first-order chi connectivity index (χ1) is 5.60. The smallest absolute Gasteiger partial charge is 0.229 e. The highest BCUT2D eigenvalue weighted by molar-refractivity contribution is 5.82. The Labute approximate surface area is 74.1 Å². The summed E-state index contributed by atoms with van der Waals surface area (Å²) in [6.07, 6.45) is 0.968. The molecule has 0 aromatic heterocycles. The van der Waals surface area contributed by atoms with Crippen molar-refractivity contribution >= 4 is 5.91 Å². The molecule has 12 heavy (non-hydrogen) atoms. The number of carbonyl (C=O) groups is 1. The van der Waals surface area contributed by atoms with E-state index in [0.717, 1.165) is 26.1 Å². The topological polar surface area (TPSA) is 32.3 Å². The Kier molecular flexibility index (Phi) is 2.73. The fourth-order valence-corrected chi connectivity index (χ4v) is 1.60. The number of hydrogen-bond acceptors (Lipinski definition) is 2. The summed E-state index contributed by atoms with van der Waals surface area (Å²) in [4.78, 5) is 13.6. The van der Waals surface area contributed by atoms with Crippen molar-refractivity contribution in [3.05, 3.63) is 0 Å². The van der Waals surface area contributed by atoms with E-state index in [1.54, 1.807) is 4.90 Å². The first-order valence-corrected chi connectivity index (χ1v) is 4.56. The zero-order valence-corrected chi connectivity index (χ0v) is 8.18. The van der Waals surface area contributed by atoms with Crippen molar-refractivity contribution in [1.29, 1.82) is 0 Å². The summed E-state index contributed by atoms with van der Waals surface area (Å²) < 4.78 is 0. The lowest BCUT2D eigenvalue weighted by molar-refractivity contribution is -0.138. The molecule has 1 atom stereocenters. The number of amides is 1. The molecule has 1 saturated heterocycles. The fourth-order valence-electron chi connectivity index (χ4n) is 1.60. The van der Waals surface area contributed by atoms with E-state index in [2.05, 4.69) is 5.32 Å². The van der Waals surface area contributed by atoms with Crippen molar-refractivity contribution in [2.45, 2.75) is 20.3 Å². The molecule has 0 spiro atoms. The number of carbonyl (C=O) groups excluding carboxylic acids is 1. The normalized spacial score (nSPS) is 28.9. The predicted molar refractivity (Wildman–Crippen MR) is 48.9 cm³/mol. The van der Waals surface area contributed by atoms with Gasteiger partial charge >= 0.3 is 0 Å². The molecule has 1 unspecified atom stereocenters. The first kappa shape index (κ1) is 9.52. The highest BCUT2D eigenvalue weighted by atomic mass is 16.2. The van der Waals surface area contributed by atoms with Gasteiger partial charge in [0.1, 0.15) is 0 Å². The van der Waals surface area contributed by atoms with Gasteiger partial charge < -0.3 is 10.2 Å². The largest absolute Gasteiger partial charge is 0.346 e. The van der Waals surface area contributed by atoms with Crippen LogP contribution in [-0.2, 0) is 4.79 Å². The van der Waals surface area contributed by atoms with Gasteiger partial charge in [-0.3, -0.25) is 4.79 Å². The van der Waals surface area contributed by atoms with Crippen molar-refractivity contribution in [3.8, 4) is 0 Å². The maximum atomic E-state index is 11.8. The van der Waals surface area contributed by atoms with Gasteiger partial charge in [0.15, 0.2) is 0 Å². The van der Waals surface area contributed by atoms with E-state index < -0.39 is 0 Å². The molecule has 1 N–H and O–H groups in total. The summed E-state index contributed by atoms with van der Waals surface area (Å²) in [5.41, 5.74) is -0.148. The van der Waals surface area contributed by atoms with E-state index in [4.69, 9.17) is 0 Å². The van der Waals surface area contributed by atoms with Crippen molar-refractivity contribution in [2.75, 3.05) is 26.7 Å².